The first kappa shape index (κ1) is 18.6. The normalized spacial score (nSPS) is 12.2. The van der Waals surface area contributed by atoms with Crippen molar-refractivity contribution < 1.29 is 14.3 Å². The Morgan fingerprint density at radius 3 is 2.83 bits per heavy atom. The van der Waals surface area contributed by atoms with Gasteiger partial charge in [0.2, 0.25) is 6.79 Å². The van der Waals surface area contributed by atoms with E-state index in [0.29, 0.717) is 23.6 Å². The van der Waals surface area contributed by atoms with Crippen molar-refractivity contribution in [2.24, 2.45) is 0 Å². The van der Waals surface area contributed by atoms with Gasteiger partial charge in [-0.05, 0) is 54.1 Å². The van der Waals surface area contributed by atoms with Crippen LogP contribution in [0.1, 0.15) is 15.9 Å². The van der Waals surface area contributed by atoms with Crippen LogP contribution in [0, 0.1) is 0 Å². The van der Waals surface area contributed by atoms with Crippen molar-refractivity contribution in [3.63, 3.8) is 0 Å². The Kier molecular flexibility index (Phi) is 4.80. The minimum absolute atomic E-state index is 0.177. The van der Waals surface area contributed by atoms with Gasteiger partial charge in [0.1, 0.15) is 0 Å². The predicted molar refractivity (Wildman–Crippen MR) is 116 cm³/mol. The van der Waals surface area contributed by atoms with E-state index in [1.807, 2.05) is 48.5 Å². The number of nitrogens with one attached hydrogen (secondary N) is 1. The highest BCUT2D eigenvalue weighted by Crippen LogP contribution is 2.32. The maximum absolute atomic E-state index is 13.1. The number of carbonyl (C=O) groups excluding carboxylic acids is 1. The molecule has 0 unspecified atom stereocenters. The number of hydrogen-bond donors (Lipinski definition) is 1. The smallest absolute Gasteiger partial charge is 0.252 e. The molecule has 30 heavy (non-hydrogen) atoms. The van der Waals surface area contributed by atoms with Gasteiger partial charge >= 0.3 is 0 Å². The third-order valence-corrected chi connectivity index (χ3v) is 5.36. The Morgan fingerprint density at radius 2 is 1.97 bits per heavy atom. The van der Waals surface area contributed by atoms with E-state index in [1.165, 1.54) is 0 Å². The molecule has 0 bridgehead atoms. The van der Waals surface area contributed by atoms with E-state index < -0.39 is 0 Å². The van der Waals surface area contributed by atoms with E-state index in [-0.39, 0.29) is 12.7 Å². The molecule has 1 aliphatic rings. The molecule has 0 saturated carbocycles. The first-order valence-electron chi connectivity index (χ1n) is 9.35. The summed E-state index contributed by atoms with van der Waals surface area (Å²) < 4.78 is 11.6. The molecule has 1 amide bonds. The number of aromatic nitrogens is 2. The maximum atomic E-state index is 13.1. The van der Waals surface area contributed by atoms with E-state index in [0.717, 1.165) is 32.3 Å². The third-order valence-electron chi connectivity index (χ3n) is 4.86. The molecule has 0 aliphatic carbocycles. The molecule has 0 atom stereocenters. The van der Waals surface area contributed by atoms with Gasteiger partial charge in [0.05, 0.1) is 16.8 Å². The highest BCUT2D eigenvalue weighted by atomic mass is 79.9. The molecule has 5 rings (SSSR count). The Hall–Kier alpha value is -3.45. The van der Waals surface area contributed by atoms with Gasteiger partial charge in [-0.3, -0.25) is 9.78 Å². The van der Waals surface area contributed by atoms with E-state index in [1.54, 1.807) is 18.5 Å². The number of hydrogen-bond acceptors (Lipinski definition) is 5. The molecule has 1 N–H and O–H groups in total. The second kappa shape index (κ2) is 7.76. The number of ether oxygens (including phenoxy) is 2. The fraction of sp³-hybridized carbons (Fsp3) is 0.0870. The van der Waals surface area contributed by atoms with Crippen molar-refractivity contribution in [1.29, 1.82) is 0 Å². The highest BCUT2D eigenvalue weighted by Gasteiger charge is 2.16. The summed E-state index contributed by atoms with van der Waals surface area (Å²) in [6.07, 6.45) is 3.45. The predicted octanol–water partition coefficient (Wildman–Crippen LogP) is 4.72. The molecule has 0 fully saturated rings. The lowest BCUT2D eigenvalue weighted by Crippen LogP contribution is -2.23. The van der Waals surface area contributed by atoms with Crippen LogP contribution in [0.4, 0.5) is 0 Å². The standard InChI is InChI=1S/C23H16BrN3O3/c24-16-4-5-19-17(9-16)18(10-20(27-19)15-2-1-7-25-12-15)23(28)26-11-14-3-6-21-22(8-14)30-13-29-21/h1-10,12H,11,13H2,(H,26,28). The quantitative estimate of drug-likeness (QED) is 0.475. The average molecular weight is 462 g/mol. The van der Waals surface area contributed by atoms with Crippen LogP contribution in [-0.4, -0.2) is 22.7 Å². The monoisotopic (exact) mass is 461 g/mol. The van der Waals surface area contributed by atoms with Gasteiger partial charge in [-0.2, -0.15) is 0 Å². The zero-order chi connectivity index (χ0) is 20.5. The fourth-order valence-corrected chi connectivity index (χ4v) is 3.74. The van der Waals surface area contributed by atoms with Gasteiger partial charge in [0.15, 0.2) is 11.5 Å². The Balaban J connectivity index is 1.48. The Bertz CT molecular complexity index is 1260. The van der Waals surface area contributed by atoms with Crippen molar-refractivity contribution in [3.05, 3.63) is 82.6 Å². The number of fused-ring (bicyclic) bond motifs is 2. The molecule has 0 spiro atoms. The van der Waals surface area contributed by atoms with Gasteiger partial charge < -0.3 is 14.8 Å². The number of carbonyl (C=O) groups is 1. The minimum atomic E-state index is -0.177. The largest absolute Gasteiger partial charge is 0.454 e. The topological polar surface area (TPSA) is 73.3 Å². The highest BCUT2D eigenvalue weighted by molar-refractivity contribution is 9.10. The molecule has 2 aromatic carbocycles. The van der Waals surface area contributed by atoms with Crippen LogP contribution in [0.15, 0.2) is 71.5 Å². The molecule has 3 heterocycles. The fourth-order valence-electron chi connectivity index (χ4n) is 3.38. The van der Waals surface area contributed by atoms with E-state index in [2.05, 4.69) is 26.2 Å². The molecule has 148 valence electrons. The van der Waals surface area contributed by atoms with Crippen LogP contribution < -0.4 is 14.8 Å². The Labute approximate surface area is 181 Å². The molecule has 4 aromatic rings. The van der Waals surface area contributed by atoms with Crippen molar-refractivity contribution in [3.8, 4) is 22.8 Å². The average Bonchev–Trinajstić information content (AvgIpc) is 3.25. The summed E-state index contributed by atoms with van der Waals surface area (Å²) in [6.45, 7) is 0.593. The lowest BCUT2D eigenvalue weighted by molar-refractivity contribution is 0.0952. The SMILES string of the molecule is O=C(NCc1ccc2c(c1)OCO2)c1cc(-c2cccnc2)nc2ccc(Br)cc12. The van der Waals surface area contributed by atoms with Crippen molar-refractivity contribution in [1.82, 2.24) is 15.3 Å². The van der Waals surface area contributed by atoms with Crippen molar-refractivity contribution in [2.75, 3.05) is 6.79 Å². The van der Waals surface area contributed by atoms with Gasteiger partial charge in [-0.1, -0.05) is 22.0 Å². The van der Waals surface area contributed by atoms with E-state index >= 15 is 0 Å². The van der Waals surface area contributed by atoms with Crippen LogP contribution in [0.2, 0.25) is 0 Å². The summed E-state index contributed by atoms with van der Waals surface area (Å²) in [7, 11) is 0. The zero-order valence-electron chi connectivity index (χ0n) is 15.8. The van der Waals surface area contributed by atoms with E-state index in [4.69, 9.17) is 14.5 Å². The summed E-state index contributed by atoms with van der Waals surface area (Å²) in [4.78, 5) is 22.0. The number of benzene rings is 2. The summed E-state index contributed by atoms with van der Waals surface area (Å²) >= 11 is 3.49. The van der Waals surface area contributed by atoms with Crippen LogP contribution in [0.3, 0.4) is 0 Å². The first-order chi connectivity index (χ1) is 14.7. The van der Waals surface area contributed by atoms with Crippen LogP contribution in [-0.2, 0) is 6.54 Å². The number of halogens is 1. The minimum Gasteiger partial charge on any atom is -0.454 e. The van der Waals surface area contributed by atoms with Crippen LogP contribution >= 0.6 is 15.9 Å². The van der Waals surface area contributed by atoms with Crippen LogP contribution in [0.5, 0.6) is 11.5 Å². The second-order valence-electron chi connectivity index (χ2n) is 6.83. The molecule has 0 saturated heterocycles. The van der Waals surface area contributed by atoms with Crippen molar-refractivity contribution >= 4 is 32.7 Å². The number of pyridine rings is 2. The zero-order valence-corrected chi connectivity index (χ0v) is 17.3. The first-order valence-corrected chi connectivity index (χ1v) is 10.1. The maximum Gasteiger partial charge on any atom is 0.252 e. The number of nitrogens with zero attached hydrogens (tertiary/aromatic N) is 2. The lowest BCUT2D eigenvalue weighted by Gasteiger charge is -2.11. The summed E-state index contributed by atoms with van der Waals surface area (Å²) in [5.74, 6) is 1.23. The Morgan fingerprint density at radius 1 is 1.07 bits per heavy atom. The molecule has 7 heteroatoms. The van der Waals surface area contributed by atoms with E-state index in [9.17, 15) is 4.79 Å². The van der Waals surface area contributed by atoms with Gasteiger partial charge in [0.25, 0.3) is 5.91 Å². The lowest BCUT2D eigenvalue weighted by atomic mass is 10.0. The van der Waals surface area contributed by atoms with Gasteiger partial charge in [0, 0.05) is 34.4 Å². The van der Waals surface area contributed by atoms with Crippen LogP contribution in [0.25, 0.3) is 22.2 Å². The number of amides is 1. The van der Waals surface area contributed by atoms with Gasteiger partial charge in [-0.25, -0.2) is 4.98 Å². The molecular weight excluding hydrogens is 446 g/mol. The molecule has 6 nitrogen and oxygen atoms in total. The van der Waals surface area contributed by atoms with Crippen molar-refractivity contribution in [2.45, 2.75) is 6.54 Å². The summed E-state index contributed by atoms with van der Waals surface area (Å²) in [5, 5.41) is 3.78. The third kappa shape index (κ3) is 3.59. The summed E-state index contributed by atoms with van der Waals surface area (Å²) in [6, 6.07) is 16.9. The molecule has 0 radical (unpaired) electrons. The van der Waals surface area contributed by atoms with Gasteiger partial charge in [-0.15, -0.1) is 0 Å². The summed E-state index contributed by atoms with van der Waals surface area (Å²) in [5.41, 5.74) is 3.78. The number of rotatable bonds is 4. The second-order valence-corrected chi connectivity index (χ2v) is 7.74. The molecule has 2 aromatic heterocycles. The molecule has 1 aliphatic heterocycles. The molecular formula is C23H16BrN3O3.